The van der Waals surface area contributed by atoms with Crippen molar-refractivity contribution in [2.75, 3.05) is 25.4 Å². The van der Waals surface area contributed by atoms with Gasteiger partial charge in [0.2, 0.25) is 0 Å². The van der Waals surface area contributed by atoms with E-state index in [1.54, 1.807) is 0 Å². The molecule has 2 aromatic carbocycles. The van der Waals surface area contributed by atoms with Gasteiger partial charge in [-0.2, -0.15) is 0 Å². The number of thioether (sulfide) groups is 1. The van der Waals surface area contributed by atoms with E-state index in [2.05, 4.69) is 87.2 Å². The average molecular weight is 384 g/mol. The SMILES string of the molecule is CC(C)Oc1cccc(C2(C)CCN(CCSc3ccccc3)CC2C)c1. The van der Waals surface area contributed by atoms with Gasteiger partial charge >= 0.3 is 0 Å². The van der Waals surface area contributed by atoms with Crippen molar-refractivity contribution in [2.45, 2.75) is 50.5 Å². The van der Waals surface area contributed by atoms with Crippen LogP contribution >= 0.6 is 11.8 Å². The van der Waals surface area contributed by atoms with Gasteiger partial charge in [0.05, 0.1) is 6.10 Å². The van der Waals surface area contributed by atoms with Crippen molar-refractivity contribution in [2.24, 2.45) is 5.92 Å². The number of hydrogen-bond donors (Lipinski definition) is 0. The first-order valence-corrected chi connectivity index (χ1v) is 11.1. The second kappa shape index (κ2) is 9.16. The third kappa shape index (κ3) is 5.30. The van der Waals surface area contributed by atoms with E-state index >= 15 is 0 Å². The maximum atomic E-state index is 5.93. The van der Waals surface area contributed by atoms with E-state index in [4.69, 9.17) is 4.74 Å². The fourth-order valence-corrected chi connectivity index (χ4v) is 4.89. The Morgan fingerprint density at radius 3 is 2.63 bits per heavy atom. The predicted octanol–water partition coefficient (Wildman–Crippen LogP) is 5.87. The van der Waals surface area contributed by atoms with Gasteiger partial charge in [0.15, 0.2) is 0 Å². The zero-order chi connectivity index (χ0) is 19.3. The standard InChI is InChI=1S/C24H33NOS/c1-19(2)26-22-10-8-9-21(17-22)24(4)13-14-25(18-20(24)3)15-16-27-23-11-6-5-7-12-23/h5-12,17,19-20H,13-16,18H2,1-4H3. The number of hydrogen-bond acceptors (Lipinski definition) is 3. The summed E-state index contributed by atoms with van der Waals surface area (Å²) in [6, 6.07) is 19.5. The van der Waals surface area contributed by atoms with Crippen LogP contribution in [0.25, 0.3) is 0 Å². The predicted molar refractivity (Wildman–Crippen MR) is 117 cm³/mol. The fourth-order valence-electron chi connectivity index (χ4n) is 3.95. The number of piperidine rings is 1. The highest BCUT2D eigenvalue weighted by atomic mass is 32.2. The summed E-state index contributed by atoms with van der Waals surface area (Å²) < 4.78 is 5.93. The molecule has 2 unspecified atom stereocenters. The smallest absolute Gasteiger partial charge is 0.119 e. The van der Waals surface area contributed by atoms with Crippen LogP contribution in [0.5, 0.6) is 5.75 Å². The number of likely N-dealkylation sites (tertiary alicyclic amines) is 1. The van der Waals surface area contributed by atoms with Gasteiger partial charge in [-0.05, 0) is 68.0 Å². The Balaban J connectivity index is 1.57. The Kier molecular flexibility index (Phi) is 6.88. The van der Waals surface area contributed by atoms with Gasteiger partial charge in [0.1, 0.15) is 5.75 Å². The monoisotopic (exact) mass is 383 g/mol. The van der Waals surface area contributed by atoms with Crippen molar-refractivity contribution in [3.8, 4) is 5.75 Å². The lowest BCUT2D eigenvalue weighted by atomic mass is 9.68. The Hall–Kier alpha value is -1.45. The summed E-state index contributed by atoms with van der Waals surface area (Å²) in [5.74, 6) is 2.78. The summed E-state index contributed by atoms with van der Waals surface area (Å²) in [6.45, 7) is 12.5. The third-order valence-electron chi connectivity index (χ3n) is 5.85. The van der Waals surface area contributed by atoms with Crippen LogP contribution in [0.15, 0.2) is 59.5 Å². The largest absolute Gasteiger partial charge is 0.491 e. The first-order valence-electron chi connectivity index (χ1n) is 10.1. The zero-order valence-electron chi connectivity index (χ0n) is 17.2. The molecule has 1 aliphatic heterocycles. The van der Waals surface area contributed by atoms with Crippen LogP contribution in [-0.4, -0.2) is 36.4 Å². The highest BCUT2D eigenvalue weighted by Gasteiger charge is 2.38. The molecule has 0 aliphatic carbocycles. The van der Waals surface area contributed by atoms with Crippen LogP contribution in [0.1, 0.15) is 39.7 Å². The molecule has 2 aromatic rings. The molecule has 1 fully saturated rings. The van der Waals surface area contributed by atoms with Gasteiger partial charge < -0.3 is 9.64 Å². The summed E-state index contributed by atoms with van der Waals surface area (Å²) in [7, 11) is 0. The lowest BCUT2D eigenvalue weighted by Gasteiger charge is -2.45. The van der Waals surface area contributed by atoms with E-state index in [9.17, 15) is 0 Å². The molecule has 27 heavy (non-hydrogen) atoms. The molecule has 3 rings (SSSR count). The second-order valence-corrected chi connectivity index (χ2v) is 9.39. The molecule has 0 bridgehead atoms. The van der Waals surface area contributed by atoms with Crippen LogP contribution in [0, 0.1) is 5.92 Å². The van der Waals surface area contributed by atoms with Crippen molar-refractivity contribution in [3.05, 3.63) is 60.2 Å². The van der Waals surface area contributed by atoms with E-state index in [1.807, 2.05) is 11.8 Å². The Morgan fingerprint density at radius 1 is 1.15 bits per heavy atom. The van der Waals surface area contributed by atoms with Crippen LogP contribution in [0.3, 0.4) is 0 Å². The molecule has 0 radical (unpaired) electrons. The van der Waals surface area contributed by atoms with Crippen molar-refractivity contribution in [1.82, 2.24) is 4.90 Å². The van der Waals surface area contributed by atoms with Gasteiger partial charge in [-0.3, -0.25) is 0 Å². The normalized spacial score (nSPS) is 23.5. The molecule has 0 aromatic heterocycles. The summed E-state index contributed by atoms with van der Waals surface area (Å²) in [5.41, 5.74) is 1.64. The molecule has 0 amide bonds. The molecule has 2 nitrogen and oxygen atoms in total. The maximum Gasteiger partial charge on any atom is 0.119 e. The van der Waals surface area contributed by atoms with Gasteiger partial charge in [0.25, 0.3) is 0 Å². The highest BCUT2D eigenvalue weighted by Crippen LogP contribution is 2.40. The van der Waals surface area contributed by atoms with Crippen LogP contribution in [0.4, 0.5) is 0 Å². The first-order chi connectivity index (χ1) is 13.0. The number of ether oxygens (including phenoxy) is 1. The van der Waals surface area contributed by atoms with Gasteiger partial charge in [-0.15, -0.1) is 11.8 Å². The number of rotatable bonds is 7. The zero-order valence-corrected chi connectivity index (χ0v) is 18.0. The third-order valence-corrected chi connectivity index (χ3v) is 6.84. The molecule has 1 heterocycles. The maximum absolute atomic E-state index is 5.93. The quantitative estimate of drug-likeness (QED) is 0.555. The molecule has 146 valence electrons. The lowest BCUT2D eigenvalue weighted by Crippen LogP contribution is -2.47. The van der Waals surface area contributed by atoms with Crippen molar-refractivity contribution in [3.63, 3.8) is 0 Å². The topological polar surface area (TPSA) is 12.5 Å². The average Bonchev–Trinajstić information content (AvgIpc) is 2.65. The van der Waals surface area contributed by atoms with Gasteiger partial charge in [-0.25, -0.2) is 0 Å². The summed E-state index contributed by atoms with van der Waals surface area (Å²) in [6.07, 6.45) is 1.42. The Bertz CT molecular complexity index is 717. The minimum absolute atomic E-state index is 0.217. The van der Waals surface area contributed by atoms with Gasteiger partial charge in [0, 0.05) is 23.7 Å². The minimum Gasteiger partial charge on any atom is -0.491 e. The molecular formula is C24H33NOS. The van der Waals surface area contributed by atoms with E-state index in [0.717, 1.165) is 18.0 Å². The van der Waals surface area contributed by atoms with Crippen molar-refractivity contribution in [1.29, 1.82) is 0 Å². The molecule has 2 atom stereocenters. The number of nitrogens with zero attached hydrogens (tertiary/aromatic N) is 1. The molecule has 3 heteroatoms. The van der Waals surface area contributed by atoms with Gasteiger partial charge in [-0.1, -0.05) is 44.2 Å². The highest BCUT2D eigenvalue weighted by molar-refractivity contribution is 7.99. The first kappa shape index (κ1) is 20.3. The molecule has 0 spiro atoms. The molecule has 1 aliphatic rings. The summed E-state index contributed by atoms with van der Waals surface area (Å²) >= 11 is 1.96. The number of benzene rings is 2. The van der Waals surface area contributed by atoms with E-state index in [-0.39, 0.29) is 11.5 Å². The molecule has 0 N–H and O–H groups in total. The molecule has 1 saturated heterocycles. The van der Waals surface area contributed by atoms with Crippen LogP contribution < -0.4 is 4.74 Å². The lowest BCUT2D eigenvalue weighted by molar-refractivity contribution is 0.117. The fraction of sp³-hybridized carbons (Fsp3) is 0.500. The molecule has 0 saturated carbocycles. The van der Waals surface area contributed by atoms with E-state index in [0.29, 0.717) is 5.92 Å². The molecular weight excluding hydrogens is 350 g/mol. The minimum atomic E-state index is 0.217. The van der Waals surface area contributed by atoms with Crippen LogP contribution in [-0.2, 0) is 5.41 Å². The van der Waals surface area contributed by atoms with E-state index in [1.165, 1.54) is 30.0 Å². The Labute approximate surface area is 169 Å². The van der Waals surface area contributed by atoms with Crippen molar-refractivity contribution >= 4 is 11.8 Å². The van der Waals surface area contributed by atoms with Crippen molar-refractivity contribution < 1.29 is 4.74 Å². The summed E-state index contributed by atoms with van der Waals surface area (Å²) in [4.78, 5) is 4.01. The van der Waals surface area contributed by atoms with Crippen LogP contribution in [0.2, 0.25) is 0 Å². The summed E-state index contributed by atoms with van der Waals surface area (Å²) in [5, 5.41) is 0. The second-order valence-electron chi connectivity index (χ2n) is 8.23. The Morgan fingerprint density at radius 2 is 1.93 bits per heavy atom. The van der Waals surface area contributed by atoms with E-state index < -0.39 is 0 Å².